The minimum atomic E-state index is -4.54. The van der Waals surface area contributed by atoms with Crippen LogP contribution in [0, 0.1) is 53.3 Å². The minimum Gasteiger partial charge on any atom is -0.367 e. The largest absolute Gasteiger partial charge is 0.481 e. The first-order valence-corrected chi connectivity index (χ1v) is 24.1. The van der Waals surface area contributed by atoms with Crippen LogP contribution in [-0.4, -0.2) is 34.2 Å². The van der Waals surface area contributed by atoms with E-state index < -0.39 is 26.7 Å². The summed E-state index contributed by atoms with van der Waals surface area (Å²) in [7, 11) is -4.54. The van der Waals surface area contributed by atoms with Crippen molar-refractivity contribution >= 4 is 7.82 Å². The number of hydrogen-bond acceptors (Lipinski definition) is 7. The summed E-state index contributed by atoms with van der Waals surface area (Å²) in [6.45, 7) is 26.2. The fraction of sp³-hybridized carbons (Fsp3) is 1.00. The lowest BCUT2D eigenvalue weighted by molar-refractivity contribution is -0.151. The topological polar surface area (TPSA) is 105 Å². The van der Waals surface area contributed by atoms with Gasteiger partial charge in [0.2, 0.25) is 0 Å². The summed E-state index contributed by atoms with van der Waals surface area (Å²) < 4.78 is 31.2. The Kier molecular flexibility index (Phi) is 31.0. The summed E-state index contributed by atoms with van der Waals surface area (Å²) in [6, 6.07) is 0. The van der Waals surface area contributed by atoms with Gasteiger partial charge < -0.3 is 15.3 Å². The predicted molar refractivity (Wildman–Crippen MR) is 225 cm³/mol. The molecule has 8 heteroatoms. The van der Waals surface area contributed by atoms with Crippen LogP contribution in [0.1, 0.15) is 218 Å². The quantitative estimate of drug-likeness (QED) is 0.0430. The Morgan fingerprint density at radius 3 is 0.755 bits per heavy atom. The van der Waals surface area contributed by atoms with E-state index in [4.69, 9.17) is 13.6 Å². The molecule has 0 aromatic rings. The summed E-state index contributed by atoms with van der Waals surface area (Å²) >= 11 is 0. The van der Waals surface area contributed by atoms with Gasteiger partial charge in [0.05, 0.1) is 0 Å². The standard InChI is InChI=1S/C45H93O7P/c1-13-34(4)22-16-25-37(7)28-19-31-40(10)43(46)50-53(49,51-44(47)41(11)32-20-29-38(8)26-17-23-35(5)14-2)52-45(48)42(12)33-21-30-39(9)27-18-24-36(6)15-3/h34-48H,13-33H2,1-12H3. The molecule has 0 aliphatic heterocycles. The van der Waals surface area contributed by atoms with Gasteiger partial charge in [-0.05, 0) is 54.8 Å². The molecule has 0 bridgehead atoms. The minimum absolute atomic E-state index is 0.324. The second-order valence-corrected chi connectivity index (χ2v) is 19.8. The van der Waals surface area contributed by atoms with Crippen molar-refractivity contribution in [1.82, 2.24) is 0 Å². The normalized spacial score (nSPS) is 20.4. The van der Waals surface area contributed by atoms with Crippen molar-refractivity contribution in [2.24, 2.45) is 53.3 Å². The summed E-state index contributed by atoms with van der Waals surface area (Å²) in [6.07, 6.45) is 18.6. The van der Waals surface area contributed by atoms with Crippen LogP contribution < -0.4 is 0 Å². The molecule has 0 fully saturated rings. The molecule has 0 heterocycles. The molecule has 0 spiro atoms. The SMILES string of the molecule is CCC(C)CCCC(C)CCCC(C)C(O)OP(=O)(OC(O)C(C)CCCC(C)CCCC(C)CC)OC(O)C(C)CCCC(C)CCCC(C)CC. The van der Waals surface area contributed by atoms with Crippen LogP contribution in [0.15, 0.2) is 0 Å². The molecule has 0 aromatic carbocycles. The molecule has 320 valence electrons. The van der Waals surface area contributed by atoms with E-state index >= 15 is 0 Å². The maximum Gasteiger partial charge on any atom is 0.481 e. The van der Waals surface area contributed by atoms with E-state index in [-0.39, 0.29) is 17.8 Å². The highest BCUT2D eigenvalue weighted by Gasteiger charge is 2.39. The highest BCUT2D eigenvalue weighted by atomic mass is 31.2. The molecule has 53 heavy (non-hydrogen) atoms. The lowest BCUT2D eigenvalue weighted by Gasteiger charge is -2.30. The van der Waals surface area contributed by atoms with Gasteiger partial charge >= 0.3 is 7.82 Å². The Balaban J connectivity index is 5.28. The zero-order chi connectivity index (χ0) is 40.4. The van der Waals surface area contributed by atoms with E-state index in [1.807, 2.05) is 20.8 Å². The van der Waals surface area contributed by atoms with Gasteiger partial charge in [-0.25, -0.2) is 4.57 Å². The fourth-order valence-electron chi connectivity index (χ4n) is 7.07. The second-order valence-electron chi connectivity index (χ2n) is 18.3. The molecule has 3 N–H and O–H groups in total. The van der Waals surface area contributed by atoms with E-state index in [1.165, 1.54) is 77.0 Å². The summed E-state index contributed by atoms with van der Waals surface area (Å²) in [4.78, 5) is 0. The van der Waals surface area contributed by atoms with Crippen molar-refractivity contribution in [1.29, 1.82) is 0 Å². The van der Waals surface area contributed by atoms with Gasteiger partial charge in [0, 0.05) is 17.8 Å². The zero-order valence-corrected chi connectivity index (χ0v) is 38.1. The highest BCUT2D eigenvalue weighted by molar-refractivity contribution is 7.48. The highest BCUT2D eigenvalue weighted by Crippen LogP contribution is 2.54. The van der Waals surface area contributed by atoms with Crippen LogP contribution in [0.2, 0.25) is 0 Å². The molecule has 12 atom stereocenters. The van der Waals surface area contributed by atoms with Crippen LogP contribution in [0.25, 0.3) is 0 Å². The molecule has 0 amide bonds. The van der Waals surface area contributed by atoms with Gasteiger partial charge in [-0.2, -0.15) is 0 Å². The lowest BCUT2D eigenvalue weighted by Crippen LogP contribution is -2.29. The van der Waals surface area contributed by atoms with Gasteiger partial charge in [-0.3, -0.25) is 13.6 Å². The van der Waals surface area contributed by atoms with Gasteiger partial charge in [0.15, 0.2) is 18.9 Å². The number of hydrogen-bond donors (Lipinski definition) is 3. The van der Waals surface area contributed by atoms with Crippen molar-refractivity contribution < 1.29 is 33.5 Å². The van der Waals surface area contributed by atoms with E-state index in [0.29, 0.717) is 37.0 Å². The van der Waals surface area contributed by atoms with E-state index in [9.17, 15) is 19.9 Å². The van der Waals surface area contributed by atoms with Crippen molar-refractivity contribution in [2.75, 3.05) is 0 Å². The van der Waals surface area contributed by atoms with Gasteiger partial charge in [-0.1, -0.05) is 199 Å². The molecule has 0 rings (SSSR count). The van der Waals surface area contributed by atoms with Gasteiger partial charge in [0.25, 0.3) is 0 Å². The first kappa shape index (κ1) is 53.0. The van der Waals surface area contributed by atoms with Gasteiger partial charge in [0.1, 0.15) is 0 Å². The van der Waals surface area contributed by atoms with Crippen LogP contribution in [0.3, 0.4) is 0 Å². The predicted octanol–water partition coefficient (Wildman–Crippen LogP) is 14.1. The third-order valence-corrected chi connectivity index (χ3v) is 13.9. The summed E-state index contributed by atoms with van der Waals surface area (Å²) in [5.74, 6) is 3.17. The van der Waals surface area contributed by atoms with Crippen LogP contribution >= 0.6 is 7.82 Å². The van der Waals surface area contributed by atoms with Crippen LogP contribution in [-0.2, 0) is 18.1 Å². The smallest absolute Gasteiger partial charge is 0.367 e. The molecule has 7 nitrogen and oxygen atoms in total. The first-order chi connectivity index (χ1) is 25.0. The molecule has 12 unspecified atom stereocenters. The molecule has 0 saturated heterocycles. The Bertz CT molecular complexity index is 780. The number of rotatable bonds is 36. The Morgan fingerprint density at radius 1 is 0.358 bits per heavy atom. The van der Waals surface area contributed by atoms with Crippen molar-refractivity contribution in [3.63, 3.8) is 0 Å². The Hall–Kier alpha value is -0.0100. The molecular formula is C45H93O7P. The second kappa shape index (κ2) is 31.0. The first-order valence-electron chi connectivity index (χ1n) is 22.7. The molecular weight excluding hydrogens is 683 g/mol. The number of phosphoric ester groups is 1. The summed E-state index contributed by atoms with van der Waals surface area (Å²) in [5.41, 5.74) is 0. The molecule has 0 aromatic heterocycles. The molecule has 0 radical (unpaired) electrons. The molecule has 0 aliphatic rings. The Morgan fingerprint density at radius 2 is 0.547 bits per heavy atom. The number of aliphatic hydroxyl groups is 3. The summed E-state index contributed by atoms with van der Waals surface area (Å²) in [5, 5.41) is 33.2. The van der Waals surface area contributed by atoms with E-state index in [1.54, 1.807) is 0 Å². The van der Waals surface area contributed by atoms with Gasteiger partial charge in [-0.15, -0.1) is 0 Å². The monoisotopic (exact) mass is 777 g/mol. The fourth-order valence-corrected chi connectivity index (χ4v) is 8.63. The van der Waals surface area contributed by atoms with E-state index in [0.717, 1.165) is 56.3 Å². The average Bonchev–Trinajstić information content (AvgIpc) is 3.10. The van der Waals surface area contributed by atoms with Crippen LogP contribution in [0.5, 0.6) is 0 Å². The molecule has 0 saturated carbocycles. The maximum atomic E-state index is 14.2. The van der Waals surface area contributed by atoms with Crippen molar-refractivity contribution in [2.45, 2.75) is 237 Å². The maximum absolute atomic E-state index is 14.2. The molecule has 0 aliphatic carbocycles. The third kappa shape index (κ3) is 27.3. The Labute approximate surface area is 330 Å². The number of phosphoric acid groups is 1. The van der Waals surface area contributed by atoms with Crippen molar-refractivity contribution in [3.05, 3.63) is 0 Å². The zero-order valence-electron chi connectivity index (χ0n) is 37.2. The van der Waals surface area contributed by atoms with E-state index in [2.05, 4.69) is 62.3 Å². The van der Waals surface area contributed by atoms with Crippen molar-refractivity contribution in [3.8, 4) is 0 Å². The average molecular weight is 777 g/mol. The number of aliphatic hydroxyl groups excluding tert-OH is 3. The lowest BCUT2D eigenvalue weighted by atomic mass is 9.92. The van der Waals surface area contributed by atoms with Crippen LogP contribution in [0.4, 0.5) is 0 Å². The third-order valence-electron chi connectivity index (χ3n) is 12.5.